The molecule has 0 radical (unpaired) electrons. The number of nitrogens with zero attached hydrogens (tertiary/aromatic N) is 7. The lowest BCUT2D eigenvalue weighted by molar-refractivity contribution is -0.138. The zero-order chi connectivity index (χ0) is 27.3. The van der Waals surface area contributed by atoms with Gasteiger partial charge in [-0.3, -0.25) is 24.0 Å². The standard InChI is InChI=1S/C26H24BrN9O3/c1-13(37)24-17-5-14(16-8-30-26(28-2)31-9-16)3-4-18(17)35(34-24)12-23(38)36-19-6-15(19)7-20(36)25(39)33-22-11-29-10-21(27)32-22/h3-5,8-11,15,19-20H,6-7,12H2,1-2H3,(H,28,30,31)(H,32,33,39)/t15-,19?,20+/m1/s1. The van der Waals surface area contributed by atoms with E-state index in [0.29, 0.717) is 39.6 Å². The molecule has 4 heterocycles. The molecule has 13 heteroatoms. The monoisotopic (exact) mass is 589 g/mol. The molecule has 1 saturated carbocycles. The number of fused-ring (bicyclic) bond motifs is 2. The highest BCUT2D eigenvalue weighted by molar-refractivity contribution is 9.10. The van der Waals surface area contributed by atoms with Crippen molar-refractivity contribution in [2.45, 2.75) is 38.4 Å². The number of nitrogens with one attached hydrogen (secondary N) is 2. The Morgan fingerprint density at radius 1 is 1.08 bits per heavy atom. The molecule has 39 heavy (non-hydrogen) atoms. The minimum Gasteiger partial charge on any atom is -0.357 e. The van der Waals surface area contributed by atoms with Crippen LogP contribution in [0.15, 0.2) is 47.6 Å². The summed E-state index contributed by atoms with van der Waals surface area (Å²) in [4.78, 5) is 57.6. The van der Waals surface area contributed by atoms with Crippen molar-refractivity contribution in [2.75, 3.05) is 17.7 Å². The largest absolute Gasteiger partial charge is 0.357 e. The second kappa shape index (κ2) is 9.80. The molecule has 0 bridgehead atoms. The molecule has 1 saturated heterocycles. The van der Waals surface area contributed by atoms with Crippen molar-refractivity contribution in [3.8, 4) is 11.1 Å². The van der Waals surface area contributed by atoms with Gasteiger partial charge in [-0.05, 0) is 52.4 Å². The van der Waals surface area contributed by atoms with Crippen LogP contribution in [0.2, 0.25) is 0 Å². The summed E-state index contributed by atoms with van der Waals surface area (Å²) in [5.74, 6) is 0.398. The van der Waals surface area contributed by atoms with Gasteiger partial charge in [-0.1, -0.05) is 6.07 Å². The second-order valence-electron chi connectivity index (χ2n) is 9.67. The average Bonchev–Trinajstić information content (AvgIpc) is 3.43. The molecule has 2 aliphatic rings. The summed E-state index contributed by atoms with van der Waals surface area (Å²) >= 11 is 3.25. The molecule has 2 fully saturated rings. The first-order chi connectivity index (χ1) is 18.8. The van der Waals surface area contributed by atoms with E-state index in [1.165, 1.54) is 19.3 Å². The molecular formula is C26H24BrN9O3. The Kier molecular flexibility index (Phi) is 6.29. The van der Waals surface area contributed by atoms with Crippen LogP contribution in [-0.4, -0.2) is 71.3 Å². The summed E-state index contributed by atoms with van der Waals surface area (Å²) < 4.78 is 2.04. The minimum atomic E-state index is -0.608. The van der Waals surface area contributed by atoms with Crippen LogP contribution in [0.3, 0.4) is 0 Å². The number of carbonyl (C=O) groups is 3. The lowest BCUT2D eigenvalue weighted by atomic mass is 10.0. The summed E-state index contributed by atoms with van der Waals surface area (Å²) in [5.41, 5.74) is 2.55. The van der Waals surface area contributed by atoms with Crippen LogP contribution in [0.4, 0.5) is 11.8 Å². The molecule has 1 aromatic carbocycles. The average molecular weight is 590 g/mol. The van der Waals surface area contributed by atoms with Gasteiger partial charge in [0.1, 0.15) is 22.9 Å². The number of aromatic nitrogens is 6. The Morgan fingerprint density at radius 2 is 1.87 bits per heavy atom. The molecule has 2 N–H and O–H groups in total. The third-order valence-corrected chi connectivity index (χ3v) is 7.51. The number of likely N-dealkylation sites (tertiary alicyclic amines) is 1. The van der Waals surface area contributed by atoms with Gasteiger partial charge in [0.2, 0.25) is 17.8 Å². The van der Waals surface area contributed by atoms with E-state index in [1.54, 1.807) is 29.0 Å². The number of benzene rings is 1. The molecule has 2 amide bonds. The highest BCUT2D eigenvalue weighted by Gasteiger charge is 2.56. The summed E-state index contributed by atoms with van der Waals surface area (Å²) in [6.45, 7) is 1.36. The van der Waals surface area contributed by atoms with Gasteiger partial charge in [0.05, 0.1) is 17.9 Å². The quantitative estimate of drug-likeness (QED) is 0.310. The minimum absolute atomic E-state index is 0.0307. The van der Waals surface area contributed by atoms with Gasteiger partial charge in [-0.25, -0.2) is 15.0 Å². The zero-order valence-corrected chi connectivity index (χ0v) is 22.7. The topological polar surface area (TPSA) is 148 Å². The van der Waals surface area contributed by atoms with Crippen molar-refractivity contribution >= 4 is 56.2 Å². The van der Waals surface area contributed by atoms with Crippen molar-refractivity contribution in [1.29, 1.82) is 0 Å². The van der Waals surface area contributed by atoms with Crippen molar-refractivity contribution < 1.29 is 14.4 Å². The number of hydrogen-bond acceptors (Lipinski definition) is 9. The van der Waals surface area contributed by atoms with E-state index in [1.807, 2.05) is 18.2 Å². The first-order valence-corrected chi connectivity index (χ1v) is 13.2. The Balaban J connectivity index is 1.26. The molecule has 3 aromatic heterocycles. The van der Waals surface area contributed by atoms with Gasteiger partial charge in [0.25, 0.3) is 0 Å². The van der Waals surface area contributed by atoms with E-state index >= 15 is 0 Å². The summed E-state index contributed by atoms with van der Waals surface area (Å²) in [7, 11) is 1.74. The van der Waals surface area contributed by atoms with E-state index in [-0.39, 0.29) is 35.9 Å². The normalized spacial score (nSPS) is 19.6. The number of rotatable bonds is 7. The number of Topliss-reactive ketones (excluding diaryl/α,β-unsaturated/α-hetero) is 1. The fourth-order valence-electron chi connectivity index (χ4n) is 5.22. The van der Waals surface area contributed by atoms with Gasteiger partial charge in [-0.15, -0.1) is 0 Å². The fourth-order valence-corrected chi connectivity index (χ4v) is 5.53. The van der Waals surface area contributed by atoms with Crippen LogP contribution in [0.25, 0.3) is 22.0 Å². The second-order valence-corrected chi connectivity index (χ2v) is 10.5. The van der Waals surface area contributed by atoms with Gasteiger partial charge < -0.3 is 15.5 Å². The van der Waals surface area contributed by atoms with E-state index in [4.69, 9.17) is 0 Å². The van der Waals surface area contributed by atoms with Crippen molar-refractivity contribution in [2.24, 2.45) is 5.92 Å². The molecule has 3 atom stereocenters. The SMILES string of the molecule is CNc1ncc(-c2ccc3c(c2)c(C(C)=O)nn3CC(=O)N2C3C[C@@H]3C[C@H]2C(=O)Nc2cncc(Br)n2)cn1. The molecule has 1 unspecified atom stereocenters. The molecule has 1 aliphatic carbocycles. The van der Waals surface area contributed by atoms with Gasteiger partial charge >= 0.3 is 0 Å². The Bertz CT molecular complexity index is 1620. The van der Waals surface area contributed by atoms with Crippen molar-refractivity contribution in [1.82, 2.24) is 34.6 Å². The maximum Gasteiger partial charge on any atom is 0.248 e. The van der Waals surface area contributed by atoms with Crippen LogP contribution in [0.1, 0.15) is 30.3 Å². The smallest absolute Gasteiger partial charge is 0.248 e. The molecule has 6 rings (SSSR count). The lowest BCUT2D eigenvalue weighted by Crippen LogP contribution is -2.46. The highest BCUT2D eigenvalue weighted by Crippen LogP contribution is 2.48. The number of carbonyl (C=O) groups excluding carboxylic acids is 3. The Hall–Kier alpha value is -4.26. The highest BCUT2D eigenvalue weighted by atomic mass is 79.9. The predicted molar refractivity (Wildman–Crippen MR) is 146 cm³/mol. The number of ketones is 1. The molecule has 0 spiro atoms. The lowest BCUT2D eigenvalue weighted by Gasteiger charge is -2.26. The third-order valence-electron chi connectivity index (χ3n) is 7.13. The molecule has 12 nitrogen and oxygen atoms in total. The number of halogens is 1. The fraction of sp³-hybridized carbons (Fsp3) is 0.308. The molecule has 1 aliphatic heterocycles. The first-order valence-electron chi connectivity index (χ1n) is 12.4. The van der Waals surface area contributed by atoms with Gasteiger partial charge in [-0.2, -0.15) is 5.10 Å². The summed E-state index contributed by atoms with van der Waals surface area (Å²) in [5, 5.41) is 10.8. The third kappa shape index (κ3) is 4.73. The number of piperidine rings is 1. The van der Waals surface area contributed by atoms with E-state index in [9.17, 15) is 14.4 Å². The maximum atomic E-state index is 13.6. The van der Waals surface area contributed by atoms with E-state index in [2.05, 4.69) is 51.6 Å². The van der Waals surface area contributed by atoms with Crippen LogP contribution in [0, 0.1) is 5.92 Å². The maximum absolute atomic E-state index is 13.6. The Labute approximate surface area is 231 Å². The number of hydrogen-bond donors (Lipinski definition) is 2. The van der Waals surface area contributed by atoms with Crippen LogP contribution < -0.4 is 10.6 Å². The number of amides is 2. The van der Waals surface area contributed by atoms with Crippen molar-refractivity contribution in [3.63, 3.8) is 0 Å². The van der Waals surface area contributed by atoms with Crippen LogP contribution >= 0.6 is 15.9 Å². The van der Waals surface area contributed by atoms with E-state index < -0.39 is 6.04 Å². The van der Waals surface area contributed by atoms with Crippen LogP contribution in [0.5, 0.6) is 0 Å². The first kappa shape index (κ1) is 25.0. The zero-order valence-electron chi connectivity index (χ0n) is 21.1. The van der Waals surface area contributed by atoms with Crippen molar-refractivity contribution in [3.05, 3.63) is 53.3 Å². The summed E-state index contributed by atoms with van der Waals surface area (Å²) in [6.07, 6.45) is 7.86. The predicted octanol–water partition coefficient (Wildman–Crippen LogP) is 2.92. The summed E-state index contributed by atoms with van der Waals surface area (Å²) in [6, 6.07) is 5.00. The van der Waals surface area contributed by atoms with E-state index in [0.717, 1.165) is 17.5 Å². The number of anilines is 2. The molecular weight excluding hydrogens is 566 g/mol. The van der Waals surface area contributed by atoms with Crippen LogP contribution in [-0.2, 0) is 16.1 Å². The van der Waals surface area contributed by atoms with Gasteiger partial charge in [0, 0.05) is 43.4 Å². The molecule has 198 valence electrons. The molecule has 4 aromatic rings. The van der Waals surface area contributed by atoms with Gasteiger partial charge in [0.15, 0.2) is 11.6 Å². The Morgan fingerprint density at radius 3 is 2.59 bits per heavy atom.